The standard InChI is InChI=1S/C18H19NO4/c1-3-19(4-2)11-14-15(20)8-7-13-17(21)16(23-18(13)14)10-12-6-5-9-22-12/h5-10,20H,3-4,11H2,1-2H3. The van der Waals surface area contributed by atoms with Crippen molar-refractivity contribution >= 4 is 11.9 Å². The lowest BCUT2D eigenvalue weighted by molar-refractivity contribution is 0.101. The summed E-state index contributed by atoms with van der Waals surface area (Å²) in [5.74, 6) is 1.15. The molecular formula is C18H19NO4. The minimum atomic E-state index is -0.197. The zero-order chi connectivity index (χ0) is 16.4. The van der Waals surface area contributed by atoms with Gasteiger partial charge in [0.1, 0.15) is 17.3 Å². The third-order valence-corrected chi connectivity index (χ3v) is 4.01. The van der Waals surface area contributed by atoms with Crippen molar-refractivity contribution in [3.05, 3.63) is 53.2 Å². The molecule has 5 nitrogen and oxygen atoms in total. The van der Waals surface area contributed by atoms with Crippen LogP contribution in [0.15, 0.2) is 40.7 Å². The molecule has 0 saturated carbocycles. The summed E-state index contributed by atoms with van der Waals surface area (Å²) in [4.78, 5) is 14.6. The number of hydrogen-bond acceptors (Lipinski definition) is 5. The highest BCUT2D eigenvalue weighted by atomic mass is 16.5. The molecular weight excluding hydrogens is 294 g/mol. The lowest BCUT2D eigenvalue weighted by Gasteiger charge is -2.20. The van der Waals surface area contributed by atoms with Crippen molar-refractivity contribution in [2.45, 2.75) is 20.4 Å². The molecule has 23 heavy (non-hydrogen) atoms. The fourth-order valence-corrected chi connectivity index (χ4v) is 2.62. The minimum Gasteiger partial charge on any atom is -0.507 e. The van der Waals surface area contributed by atoms with E-state index in [9.17, 15) is 9.90 Å². The number of furan rings is 1. The summed E-state index contributed by atoms with van der Waals surface area (Å²) < 4.78 is 11.0. The Kier molecular flexibility index (Phi) is 4.21. The van der Waals surface area contributed by atoms with Crippen LogP contribution in [0.5, 0.6) is 11.5 Å². The lowest BCUT2D eigenvalue weighted by Crippen LogP contribution is -2.22. The van der Waals surface area contributed by atoms with Crippen molar-refractivity contribution in [2.24, 2.45) is 0 Å². The second-order valence-corrected chi connectivity index (χ2v) is 5.36. The number of ketones is 1. The second-order valence-electron chi connectivity index (χ2n) is 5.36. The Morgan fingerprint density at radius 1 is 1.22 bits per heavy atom. The third kappa shape index (κ3) is 2.87. The largest absolute Gasteiger partial charge is 0.507 e. The number of aromatic hydroxyl groups is 1. The van der Waals surface area contributed by atoms with Gasteiger partial charge in [-0.15, -0.1) is 0 Å². The summed E-state index contributed by atoms with van der Waals surface area (Å²) in [7, 11) is 0. The molecule has 0 aliphatic carbocycles. The molecule has 0 spiro atoms. The first kappa shape index (κ1) is 15.4. The molecule has 2 aromatic rings. The molecule has 0 radical (unpaired) electrons. The highest BCUT2D eigenvalue weighted by Crippen LogP contribution is 2.40. The Morgan fingerprint density at radius 3 is 2.65 bits per heavy atom. The van der Waals surface area contributed by atoms with Crippen LogP contribution in [0.4, 0.5) is 0 Å². The van der Waals surface area contributed by atoms with E-state index in [1.165, 1.54) is 6.26 Å². The predicted octanol–water partition coefficient (Wildman–Crippen LogP) is 3.44. The summed E-state index contributed by atoms with van der Waals surface area (Å²) in [5, 5.41) is 10.2. The van der Waals surface area contributed by atoms with Crippen LogP contribution in [0.1, 0.15) is 35.5 Å². The maximum absolute atomic E-state index is 12.5. The number of Topliss-reactive ketones (excluding diaryl/α,β-unsaturated/α-hetero) is 1. The van der Waals surface area contributed by atoms with E-state index in [0.717, 1.165) is 13.1 Å². The Bertz CT molecular complexity index is 743. The number of phenols is 1. The van der Waals surface area contributed by atoms with Gasteiger partial charge >= 0.3 is 0 Å². The molecule has 0 unspecified atom stereocenters. The molecule has 120 valence electrons. The van der Waals surface area contributed by atoms with Crippen LogP contribution >= 0.6 is 0 Å². The van der Waals surface area contributed by atoms with Crippen LogP contribution in [-0.4, -0.2) is 28.9 Å². The number of ether oxygens (including phenoxy) is 1. The molecule has 1 aromatic heterocycles. The molecule has 3 rings (SSSR count). The van der Waals surface area contributed by atoms with E-state index in [2.05, 4.69) is 18.7 Å². The van der Waals surface area contributed by atoms with Crippen molar-refractivity contribution < 1.29 is 19.1 Å². The van der Waals surface area contributed by atoms with Gasteiger partial charge in [-0.05, 0) is 37.4 Å². The van der Waals surface area contributed by atoms with Gasteiger partial charge in [-0.25, -0.2) is 0 Å². The molecule has 1 aromatic carbocycles. The normalized spacial score (nSPS) is 15.3. The van der Waals surface area contributed by atoms with E-state index in [1.807, 2.05) is 0 Å². The average molecular weight is 313 g/mol. The van der Waals surface area contributed by atoms with Gasteiger partial charge in [-0.1, -0.05) is 13.8 Å². The van der Waals surface area contributed by atoms with E-state index >= 15 is 0 Å². The number of phenolic OH excluding ortho intramolecular Hbond substituents is 1. The molecule has 5 heteroatoms. The second kappa shape index (κ2) is 6.30. The fraction of sp³-hybridized carbons (Fsp3) is 0.278. The zero-order valence-electron chi connectivity index (χ0n) is 13.2. The molecule has 2 heterocycles. The summed E-state index contributed by atoms with van der Waals surface area (Å²) in [6, 6.07) is 6.65. The molecule has 1 aliphatic heterocycles. The summed E-state index contributed by atoms with van der Waals surface area (Å²) >= 11 is 0. The maximum atomic E-state index is 12.5. The molecule has 1 aliphatic rings. The van der Waals surface area contributed by atoms with Crippen molar-refractivity contribution in [1.82, 2.24) is 4.90 Å². The van der Waals surface area contributed by atoms with Gasteiger partial charge in [0.25, 0.3) is 0 Å². The number of fused-ring (bicyclic) bond motifs is 1. The quantitative estimate of drug-likeness (QED) is 0.857. The molecule has 1 N–H and O–H groups in total. The van der Waals surface area contributed by atoms with E-state index in [4.69, 9.17) is 9.15 Å². The Morgan fingerprint density at radius 2 is 2.00 bits per heavy atom. The van der Waals surface area contributed by atoms with E-state index in [0.29, 0.717) is 29.2 Å². The number of benzene rings is 1. The van der Waals surface area contributed by atoms with Crippen LogP contribution in [0.3, 0.4) is 0 Å². The van der Waals surface area contributed by atoms with Gasteiger partial charge in [0.05, 0.1) is 17.4 Å². The average Bonchev–Trinajstić information content (AvgIpc) is 3.16. The Balaban J connectivity index is 1.98. The zero-order valence-corrected chi connectivity index (χ0v) is 13.2. The number of carbonyl (C=O) groups is 1. The summed E-state index contributed by atoms with van der Waals surface area (Å²) in [6.07, 6.45) is 3.11. The van der Waals surface area contributed by atoms with Gasteiger partial charge in [0.15, 0.2) is 5.76 Å². The van der Waals surface area contributed by atoms with Gasteiger partial charge in [-0.3, -0.25) is 9.69 Å². The van der Waals surface area contributed by atoms with Crippen LogP contribution in [0.2, 0.25) is 0 Å². The summed E-state index contributed by atoms with van der Waals surface area (Å²) in [6.45, 7) is 6.34. The molecule has 0 amide bonds. The molecule has 0 saturated heterocycles. The molecule has 0 bridgehead atoms. The van der Waals surface area contributed by atoms with E-state index < -0.39 is 0 Å². The van der Waals surface area contributed by atoms with Crippen molar-refractivity contribution in [3.63, 3.8) is 0 Å². The Hall–Kier alpha value is -2.53. The Labute approximate surface area is 134 Å². The summed E-state index contributed by atoms with van der Waals surface area (Å²) in [5.41, 5.74) is 1.12. The van der Waals surface area contributed by atoms with Gasteiger partial charge in [-0.2, -0.15) is 0 Å². The van der Waals surface area contributed by atoms with E-state index in [-0.39, 0.29) is 17.3 Å². The van der Waals surface area contributed by atoms with Crippen LogP contribution in [-0.2, 0) is 6.54 Å². The predicted molar refractivity (Wildman–Crippen MR) is 86.4 cm³/mol. The van der Waals surface area contributed by atoms with Gasteiger partial charge in [0.2, 0.25) is 5.78 Å². The number of rotatable bonds is 5. The number of allylic oxidation sites excluding steroid dienone is 1. The van der Waals surface area contributed by atoms with Crippen molar-refractivity contribution in [3.8, 4) is 11.5 Å². The number of carbonyl (C=O) groups excluding carboxylic acids is 1. The topological polar surface area (TPSA) is 62.9 Å². The van der Waals surface area contributed by atoms with Crippen LogP contribution in [0.25, 0.3) is 6.08 Å². The minimum absolute atomic E-state index is 0.141. The van der Waals surface area contributed by atoms with Crippen LogP contribution in [0, 0.1) is 0 Å². The van der Waals surface area contributed by atoms with Gasteiger partial charge < -0.3 is 14.3 Å². The maximum Gasteiger partial charge on any atom is 0.232 e. The SMILES string of the molecule is CCN(CC)Cc1c(O)ccc2c1OC(=Cc1ccco1)C2=O. The monoisotopic (exact) mass is 313 g/mol. The first-order valence-corrected chi connectivity index (χ1v) is 7.69. The molecule has 0 fully saturated rings. The lowest BCUT2D eigenvalue weighted by atomic mass is 10.0. The highest BCUT2D eigenvalue weighted by Gasteiger charge is 2.31. The molecule has 0 atom stereocenters. The first-order valence-electron chi connectivity index (χ1n) is 7.69. The third-order valence-electron chi connectivity index (χ3n) is 4.01. The highest BCUT2D eigenvalue weighted by molar-refractivity contribution is 6.14. The first-order chi connectivity index (χ1) is 11.1. The van der Waals surface area contributed by atoms with Gasteiger partial charge in [0, 0.05) is 12.6 Å². The number of hydrogen-bond donors (Lipinski definition) is 1. The smallest absolute Gasteiger partial charge is 0.232 e. The number of nitrogens with zero attached hydrogens (tertiary/aromatic N) is 1. The van der Waals surface area contributed by atoms with Crippen LogP contribution < -0.4 is 4.74 Å². The van der Waals surface area contributed by atoms with Crippen molar-refractivity contribution in [2.75, 3.05) is 13.1 Å². The fourth-order valence-electron chi connectivity index (χ4n) is 2.62. The van der Waals surface area contributed by atoms with Crippen molar-refractivity contribution in [1.29, 1.82) is 0 Å². The van der Waals surface area contributed by atoms with E-state index in [1.54, 1.807) is 30.3 Å².